The van der Waals surface area contributed by atoms with E-state index in [9.17, 15) is 18.0 Å². The average molecular weight is 454 g/mol. The maximum atomic E-state index is 13.2. The molecule has 1 N–H and O–H groups in total. The van der Waals surface area contributed by atoms with Crippen LogP contribution in [0.4, 0.5) is 24.5 Å². The van der Waals surface area contributed by atoms with Crippen LogP contribution in [-0.2, 0) is 15.7 Å². The topological polar surface area (TPSA) is 60.0 Å². The van der Waals surface area contributed by atoms with E-state index < -0.39 is 17.6 Å². The number of ether oxygens (including phenoxy) is 3. The first-order valence-electron chi connectivity index (χ1n) is 9.76. The molecule has 0 unspecified atom stereocenters. The van der Waals surface area contributed by atoms with Crippen molar-refractivity contribution in [2.45, 2.75) is 11.1 Å². The minimum atomic E-state index is -4.50. The fourth-order valence-corrected chi connectivity index (χ4v) is 4.07. The molecule has 1 amide bonds. The monoisotopic (exact) mass is 454 g/mol. The van der Waals surface area contributed by atoms with E-state index >= 15 is 0 Å². The predicted octanol–water partition coefficient (Wildman–Crippen LogP) is 4.04. The molecule has 0 radical (unpaired) electrons. The molecule has 0 aromatic heterocycles. The zero-order valence-electron chi connectivity index (χ0n) is 16.5. The summed E-state index contributed by atoms with van der Waals surface area (Å²) in [4.78, 5) is 15.3. The number of rotatable bonds is 5. The Morgan fingerprint density at radius 3 is 2.48 bits per heavy atom. The summed E-state index contributed by atoms with van der Waals surface area (Å²) < 4.78 is 56.0. The van der Waals surface area contributed by atoms with Gasteiger partial charge >= 0.3 is 6.18 Å². The highest BCUT2D eigenvalue weighted by Gasteiger charge is 2.32. The molecule has 1 saturated heterocycles. The third-order valence-corrected chi connectivity index (χ3v) is 5.83. The molecule has 1 fully saturated rings. The lowest BCUT2D eigenvalue weighted by Gasteiger charge is -2.31. The number of thioether (sulfide) groups is 1. The standard InChI is InChI=1S/C21H21F3N2O4S/c22-21(23,24)14-1-3-17(26-5-7-28-8-6-26)16(11-14)25-20(27)13-31-15-2-4-18-19(12-15)30-10-9-29-18/h1-4,11-12H,5-10,13H2,(H,25,27). The molecule has 0 aliphatic carbocycles. The summed E-state index contributed by atoms with van der Waals surface area (Å²) in [6.07, 6.45) is -4.50. The fourth-order valence-electron chi connectivity index (χ4n) is 3.34. The SMILES string of the molecule is O=C(CSc1ccc2c(c1)OCCO2)Nc1cc(C(F)(F)F)ccc1N1CCOCC1. The van der Waals surface area contributed by atoms with Crippen molar-refractivity contribution < 1.29 is 32.2 Å². The minimum Gasteiger partial charge on any atom is -0.486 e. The molecule has 2 aromatic rings. The molecule has 2 aromatic carbocycles. The zero-order chi connectivity index (χ0) is 21.8. The highest BCUT2D eigenvalue weighted by molar-refractivity contribution is 8.00. The first kappa shape index (κ1) is 21.6. The van der Waals surface area contributed by atoms with Crippen molar-refractivity contribution >= 4 is 29.0 Å². The number of hydrogen-bond donors (Lipinski definition) is 1. The van der Waals surface area contributed by atoms with Gasteiger partial charge in [-0.25, -0.2) is 0 Å². The molecule has 10 heteroatoms. The van der Waals surface area contributed by atoms with Gasteiger partial charge in [0.25, 0.3) is 0 Å². The quantitative estimate of drug-likeness (QED) is 0.689. The van der Waals surface area contributed by atoms with Gasteiger partial charge in [-0.2, -0.15) is 13.2 Å². The second-order valence-electron chi connectivity index (χ2n) is 6.97. The molecule has 2 heterocycles. The number of carbonyl (C=O) groups excluding carboxylic acids is 1. The molecule has 6 nitrogen and oxygen atoms in total. The number of nitrogens with one attached hydrogen (secondary N) is 1. The van der Waals surface area contributed by atoms with Crippen LogP contribution >= 0.6 is 11.8 Å². The largest absolute Gasteiger partial charge is 0.486 e. The van der Waals surface area contributed by atoms with Gasteiger partial charge in [-0.05, 0) is 36.4 Å². The summed E-state index contributed by atoms with van der Waals surface area (Å²) in [7, 11) is 0. The van der Waals surface area contributed by atoms with E-state index in [0.717, 1.165) is 17.0 Å². The van der Waals surface area contributed by atoms with Gasteiger partial charge in [0.1, 0.15) is 13.2 Å². The van der Waals surface area contributed by atoms with Gasteiger partial charge in [-0.1, -0.05) is 0 Å². The molecule has 0 spiro atoms. The van der Waals surface area contributed by atoms with Crippen LogP contribution in [0.3, 0.4) is 0 Å². The normalized spacial score (nSPS) is 16.2. The number of halogens is 3. The van der Waals surface area contributed by atoms with E-state index in [1.54, 1.807) is 12.1 Å². The fraction of sp³-hybridized carbons (Fsp3) is 0.381. The summed E-state index contributed by atoms with van der Waals surface area (Å²) in [6, 6.07) is 8.79. The van der Waals surface area contributed by atoms with Gasteiger partial charge in [-0.15, -0.1) is 11.8 Å². The Kier molecular flexibility index (Phi) is 6.47. The summed E-state index contributed by atoms with van der Waals surface area (Å²) in [5, 5.41) is 2.65. The van der Waals surface area contributed by atoms with E-state index in [4.69, 9.17) is 14.2 Å². The first-order valence-corrected chi connectivity index (χ1v) is 10.7. The van der Waals surface area contributed by atoms with Crippen LogP contribution in [0.5, 0.6) is 11.5 Å². The summed E-state index contributed by atoms with van der Waals surface area (Å²) >= 11 is 1.27. The van der Waals surface area contributed by atoms with Gasteiger partial charge in [0.05, 0.1) is 35.9 Å². The molecular weight excluding hydrogens is 433 g/mol. The van der Waals surface area contributed by atoms with Crippen molar-refractivity contribution in [2.24, 2.45) is 0 Å². The smallest absolute Gasteiger partial charge is 0.416 e. The number of nitrogens with zero attached hydrogens (tertiary/aromatic N) is 1. The highest BCUT2D eigenvalue weighted by Crippen LogP contribution is 2.37. The molecule has 0 bridgehead atoms. The number of fused-ring (bicyclic) bond motifs is 1. The van der Waals surface area contributed by atoms with Crippen molar-refractivity contribution in [3.05, 3.63) is 42.0 Å². The number of anilines is 2. The van der Waals surface area contributed by atoms with Crippen LogP contribution in [0.25, 0.3) is 0 Å². The van der Waals surface area contributed by atoms with Crippen LogP contribution in [-0.4, -0.2) is 51.2 Å². The van der Waals surface area contributed by atoms with E-state index in [1.165, 1.54) is 17.8 Å². The van der Waals surface area contributed by atoms with Crippen molar-refractivity contribution in [3.8, 4) is 11.5 Å². The Bertz CT molecular complexity index is 949. The van der Waals surface area contributed by atoms with Crippen molar-refractivity contribution in [1.82, 2.24) is 0 Å². The first-order chi connectivity index (χ1) is 14.9. The van der Waals surface area contributed by atoms with Gasteiger partial charge in [0, 0.05) is 18.0 Å². The molecule has 0 atom stereocenters. The Hall–Kier alpha value is -2.59. The lowest BCUT2D eigenvalue weighted by Crippen LogP contribution is -2.37. The number of alkyl halides is 3. The molecule has 166 valence electrons. The van der Waals surface area contributed by atoms with Crippen molar-refractivity contribution in [1.29, 1.82) is 0 Å². The van der Waals surface area contributed by atoms with Gasteiger partial charge in [0.15, 0.2) is 11.5 Å². The Morgan fingerprint density at radius 2 is 1.74 bits per heavy atom. The maximum Gasteiger partial charge on any atom is 0.416 e. The van der Waals surface area contributed by atoms with Gasteiger partial charge in [-0.3, -0.25) is 4.79 Å². The van der Waals surface area contributed by atoms with Crippen molar-refractivity contribution in [3.63, 3.8) is 0 Å². The Balaban J connectivity index is 1.47. The number of carbonyl (C=O) groups is 1. The predicted molar refractivity (Wildman–Crippen MR) is 111 cm³/mol. The molecule has 2 aliphatic heterocycles. The zero-order valence-corrected chi connectivity index (χ0v) is 17.4. The van der Waals surface area contributed by atoms with Crippen LogP contribution < -0.4 is 19.7 Å². The van der Waals surface area contributed by atoms with Crippen LogP contribution in [0.1, 0.15) is 5.56 Å². The summed E-state index contributed by atoms with van der Waals surface area (Å²) in [5.41, 5.74) is -0.113. The number of morpholine rings is 1. The third kappa shape index (κ3) is 5.37. The number of hydrogen-bond acceptors (Lipinski definition) is 6. The van der Waals surface area contributed by atoms with E-state index in [-0.39, 0.29) is 11.4 Å². The average Bonchev–Trinajstić information content (AvgIpc) is 2.77. The summed E-state index contributed by atoms with van der Waals surface area (Å²) in [5.74, 6) is 0.912. The van der Waals surface area contributed by atoms with E-state index in [2.05, 4.69) is 5.32 Å². The van der Waals surface area contributed by atoms with Crippen LogP contribution in [0.15, 0.2) is 41.3 Å². The Labute approximate surface area is 181 Å². The van der Waals surface area contributed by atoms with Crippen LogP contribution in [0, 0.1) is 0 Å². The lowest BCUT2D eigenvalue weighted by molar-refractivity contribution is -0.137. The lowest BCUT2D eigenvalue weighted by atomic mass is 10.1. The van der Waals surface area contributed by atoms with E-state index in [1.807, 2.05) is 11.0 Å². The molecule has 4 rings (SSSR count). The molecule has 0 saturated carbocycles. The molecular formula is C21H21F3N2O4S. The second kappa shape index (κ2) is 9.27. The second-order valence-corrected chi connectivity index (χ2v) is 8.02. The van der Waals surface area contributed by atoms with Gasteiger partial charge in [0.2, 0.25) is 5.91 Å². The van der Waals surface area contributed by atoms with Crippen LogP contribution in [0.2, 0.25) is 0 Å². The maximum absolute atomic E-state index is 13.2. The highest BCUT2D eigenvalue weighted by atomic mass is 32.2. The molecule has 2 aliphatic rings. The number of benzene rings is 2. The van der Waals surface area contributed by atoms with E-state index in [0.29, 0.717) is 56.7 Å². The number of amides is 1. The third-order valence-electron chi connectivity index (χ3n) is 4.83. The minimum absolute atomic E-state index is 0.0401. The molecule has 31 heavy (non-hydrogen) atoms. The summed E-state index contributed by atoms with van der Waals surface area (Å²) in [6.45, 7) is 2.99. The Morgan fingerprint density at radius 1 is 1.00 bits per heavy atom. The van der Waals surface area contributed by atoms with Crippen molar-refractivity contribution in [2.75, 3.05) is 55.5 Å². The van der Waals surface area contributed by atoms with Gasteiger partial charge < -0.3 is 24.4 Å².